The fraction of sp³-hybridized carbons (Fsp3) is 0.619. The molecule has 0 N–H and O–H groups in total. The molecule has 1 nitrogen and oxygen atoms in total. The third kappa shape index (κ3) is 3.77. The minimum atomic E-state index is -0.377. The van der Waals surface area contributed by atoms with Crippen LogP contribution in [-0.4, -0.2) is 0 Å². The van der Waals surface area contributed by atoms with E-state index in [1.165, 1.54) is 50.9 Å². The zero-order valence-electron chi connectivity index (χ0n) is 14.2. The van der Waals surface area contributed by atoms with Gasteiger partial charge >= 0.3 is 0 Å². The summed E-state index contributed by atoms with van der Waals surface area (Å²) in [6.45, 7) is 2.32. The maximum atomic E-state index is 13.8. The van der Waals surface area contributed by atoms with Gasteiger partial charge in [-0.2, -0.15) is 5.26 Å². The van der Waals surface area contributed by atoms with Crippen LogP contribution in [-0.2, 0) is 0 Å². The quantitative estimate of drug-likeness (QED) is 0.669. The van der Waals surface area contributed by atoms with Crippen LogP contribution in [0.15, 0.2) is 18.2 Å². The lowest BCUT2D eigenvalue weighted by molar-refractivity contribution is 0.172. The van der Waals surface area contributed by atoms with Crippen LogP contribution in [0.3, 0.4) is 0 Å². The van der Waals surface area contributed by atoms with E-state index in [0.29, 0.717) is 0 Å². The standard InChI is InChI=1S/C21H27FN/c1-2-15-3-5-16(6-4-15)17-7-9-18(10-8-17)19-11-12-20(14-23)21(22)13-19/h11-13,15-17H,2-10H2,1H3. The molecule has 3 rings (SSSR count). The molecule has 2 heteroatoms. The van der Waals surface area contributed by atoms with Crippen LogP contribution in [0, 0.1) is 40.8 Å². The van der Waals surface area contributed by atoms with E-state index in [0.717, 1.165) is 36.2 Å². The van der Waals surface area contributed by atoms with Crippen molar-refractivity contribution < 1.29 is 4.39 Å². The number of hydrogen-bond donors (Lipinski definition) is 0. The van der Waals surface area contributed by atoms with Gasteiger partial charge in [0.05, 0.1) is 5.56 Å². The monoisotopic (exact) mass is 312 g/mol. The van der Waals surface area contributed by atoms with Crippen molar-refractivity contribution in [3.63, 3.8) is 0 Å². The SMILES string of the molecule is CCC1CCC(C2CC[C](c3ccc(C#N)c(F)c3)CC2)CC1. The first-order valence-corrected chi connectivity index (χ1v) is 9.26. The van der Waals surface area contributed by atoms with Gasteiger partial charge in [0, 0.05) is 5.92 Å². The molecular weight excluding hydrogens is 285 g/mol. The topological polar surface area (TPSA) is 23.8 Å². The molecule has 0 spiro atoms. The highest BCUT2D eigenvalue weighted by molar-refractivity contribution is 5.39. The minimum Gasteiger partial charge on any atom is -0.206 e. The number of nitriles is 1. The zero-order chi connectivity index (χ0) is 16.2. The van der Waals surface area contributed by atoms with Crippen LogP contribution in [0.1, 0.15) is 75.8 Å². The second-order valence-electron chi connectivity index (χ2n) is 7.44. The lowest BCUT2D eigenvalue weighted by atomic mass is 9.68. The predicted octanol–water partition coefficient (Wildman–Crippen LogP) is 6.03. The van der Waals surface area contributed by atoms with Gasteiger partial charge in [-0.25, -0.2) is 4.39 Å². The fourth-order valence-corrected chi connectivity index (χ4v) is 4.64. The first kappa shape index (κ1) is 16.5. The number of benzene rings is 1. The van der Waals surface area contributed by atoms with Crippen LogP contribution >= 0.6 is 0 Å². The highest BCUT2D eigenvalue weighted by Crippen LogP contribution is 2.44. The summed E-state index contributed by atoms with van der Waals surface area (Å²) in [5.41, 5.74) is 1.16. The Bertz CT molecular complexity index is 558. The van der Waals surface area contributed by atoms with Crippen LogP contribution in [0.4, 0.5) is 4.39 Å². The van der Waals surface area contributed by atoms with Gasteiger partial charge in [-0.3, -0.25) is 0 Å². The van der Waals surface area contributed by atoms with Crippen molar-refractivity contribution in [2.45, 2.75) is 64.7 Å². The molecule has 0 saturated heterocycles. The molecule has 0 atom stereocenters. The highest BCUT2D eigenvalue weighted by atomic mass is 19.1. The largest absolute Gasteiger partial charge is 0.206 e. The Morgan fingerprint density at radius 1 is 1.04 bits per heavy atom. The van der Waals surface area contributed by atoms with Gasteiger partial charge in [0.25, 0.3) is 0 Å². The molecule has 0 aliphatic heterocycles. The Morgan fingerprint density at radius 2 is 1.70 bits per heavy atom. The summed E-state index contributed by atoms with van der Waals surface area (Å²) in [4.78, 5) is 0. The van der Waals surface area contributed by atoms with Crippen molar-refractivity contribution in [2.24, 2.45) is 17.8 Å². The van der Waals surface area contributed by atoms with Crippen molar-refractivity contribution in [1.29, 1.82) is 5.26 Å². The smallest absolute Gasteiger partial charge is 0.141 e. The number of hydrogen-bond acceptors (Lipinski definition) is 1. The zero-order valence-corrected chi connectivity index (χ0v) is 14.2. The normalized spacial score (nSPS) is 26.8. The maximum absolute atomic E-state index is 13.8. The van der Waals surface area contributed by atoms with Crippen molar-refractivity contribution in [1.82, 2.24) is 0 Å². The second kappa shape index (κ2) is 7.47. The van der Waals surface area contributed by atoms with E-state index in [1.807, 2.05) is 12.1 Å². The molecule has 1 aromatic carbocycles. The van der Waals surface area contributed by atoms with Gasteiger partial charge in [-0.05, 0) is 74.0 Å². The molecular formula is C21H27FN. The van der Waals surface area contributed by atoms with Gasteiger partial charge in [-0.1, -0.05) is 32.3 Å². The third-order valence-electron chi connectivity index (χ3n) is 6.27. The summed E-state index contributed by atoms with van der Waals surface area (Å²) < 4.78 is 13.8. The van der Waals surface area contributed by atoms with Crippen LogP contribution in [0.2, 0.25) is 0 Å². The van der Waals surface area contributed by atoms with E-state index >= 15 is 0 Å². The minimum absolute atomic E-state index is 0.149. The summed E-state index contributed by atoms with van der Waals surface area (Å²) >= 11 is 0. The molecule has 0 heterocycles. The summed E-state index contributed by atoms with van der Waals surface area (Å²) in [5.74, 6) is 3.78. The summed E-state index contributed by atoms with van der Waals surface area (Å²) in [5, 5.41) is 8.84. The summed E-state index contributed by atoms with van der Waals surface area (Å²) in [6, 6.07) is 7.00. The van der Waals surface area contributed by atoms with Crippen molar-refractivity contribution in [3.8, 4) is 6.07 Å². The highest BCUT2D eigenvalue weighted by Gasteiger charge is 2.31. The van der Waals surface area contributed by atoms with E-state index < -0.39 is 0 Å². The predicted molar refractivity (Wildman–Crippen MR) is 91.2 cm³/mol. The van der Waals surface area contributed by atoms with Crippen LogP contribution in [0.25, 0.3) is 0 Å². The molecule has 23 heavy (non-hydrogen) atoms. The van der Waals surface area contributed by atoms with Crippen molar-refractivity contribution >= 4 is 0 Å². The van der Waals surface area contributed by atoms with Gasteiger partial charge in [0.2, 0.25) is 0 Å². The Balaban J connectivity index is 1.54. The number of nitrogens with zero attached hydrogens (tertiary/aromatic N) is 1. The molecule has 1 aromatic rings. The van der Waals surface area contributed by atoms with Gasteiger partial charge in [0.1, 0.15) is 11.9 Å². The average Bonchev–Trinajstić information content (AvgIpc) is 2.62. The van der Waals surface area contributed by atoms with E-state index in [-0.39, 0.29) is 11.4 Å². The molecule has 2 aliphatic carbocycles. The Labute approximate surface area is 139 Å². The molecule has 0 amide bonds. The van der Waals surface area contributed by atoms with Crippen LogP contribution < -0.4 is 0 Å². The fourth-order valence-electron chi connectivity index (χ4n) is 4.64. The van der Waals surface area contributed by atoms with Crippen molar-refractivity contribution in [2.75, 3.05) is 0 Å². The molecule has 123 valence electrons. The van der Waals surface area contributed by atoms with Gasteiger partial charge in [-0.15, -0.1) is 0 Å². The van der Waals surface area contributed by atoms with E-state index in [4.69, 9.17) is 5.26 Å². The third-order valence-corrected chi connectivity index (χ3v) is 6.27. The van der Waals surface area contributed by atoms with Gasteiger partial charge < -0.3 is 0 Å². The first-order valence-electron chi connectivity index (χ1n) is 9.26. The van der Waals surface area contributed by atoms with Crippen molar-refractivity contribution in [3.05, 3.63) is 41.1 Å². The molecule has 1 radical (unpaired) electrons. The molecule has 2 fully saturated rings. The van der Waals surface area contributed by atoms with E-state index in [9.17, 15) is 4.39 Å². The molecule has 2 saturated carbocycles. The lowest BCUT2D eigenvalue weighted by Gasteiger charge is -2.37. The Hall–Kier alpha value is -1.36. The molecule has 0 bridgehead atoms. The van der Waals surface area contributed by atoms with Crippen LogP contribution in [0.5, 0.6) is 0 Å². The first-order chi connectivity index (χ1) is 11.2. The summed E-state index contributed by atoms with van der Waals surface area (Å²) in [7, 11) is 0. The number of rotatable bonds is 3. The molecule has 0 aromatic heterocycles. The Morgan fingerprint density at radius 3 is 2.26 bits per heavy atom. The lowest BCUT2D eigenvalue weighted by Crippen LogP contribution is -2.25. The Kier molecular flexibility index (Phi) is 5.36. The maximum Gasteiger partial charge on any atom is 0.141 e. The van der Waals surface area contributed by atoms with Gasteiger partial charge in [0.15, 0.2) is 0 Å². The number of halogens is 1. The second-order valence-corrected chi connectivity index (χ2v) is 7.44. The van der Waals surface area contributed by atoms with E-state index in [2.05, 4.69) is 6.92 Å². The molecule has 0 unspecified atom stereocenters. The summed E-state index contributed by atoms with van der Waals surface area (Å²) in [6.07, 6.45) is 11.8. The average molecular weight is 312 g/mol. The van der Waals surface area contributed by atoms with E-state index in [1.54, 1.807) is 12.1 Å². The molecule has 2 aliphatic rings.